The molecule has 5 heteroatoms. The molecule has 134 valence electrons. The van der Waals surface area contributed by atoms with Crippen LogP contribution in [0.2, 0.25) is 0 Å². The Balaban J connectivity index is 2.27. The third kappa shape index (κ3) is 8.11. The minimum Gasteiger partial charge on any atom is -0.351 e. The maximum atomic E-state index is 11.9. The third-order valence-corrected chi connectivity index (χ3v) is 3.76. The number of hydrogen-bond acceptors (Lipinski definition) is 2. The molecule has 5 nitrogen and oxygen atoms in total. The summed E-state index contributed by atoms with van der Waals surface area (Å²) in [6.07, 6.45) is 0.816. The van der Waals surface area contributed by atoms with E-state index in [0.717, 1.165) is 11.3 Å². The minimum atomic E-state index is -0.0273. The van der Waals surface area contributed by atoms with Gasteiger partial charge in [-0.2, -0.15) is 0 Å². The average Bonchev–Trinajstić information content (AvgIpc) is 2.46. The molecule has 2 amide bonds. The average molecular weight is 334 g/mol. The standard InChI is InChI=1S/C19H31N3O2/c1-14(2)17-8-6-16(7-9-17)10-11-20-18(23)12-22(5)13-19(24)21-15(3)4/h6-9,14-15H,10-13H2,1-5H3,(H,20,23)(H,21,24)/p+1. The maximum absolute atomic E-state index is 11.9. The molecule has 1 aromatic carbocycles. The third-order valence-electron chi connectivity index (χ3n) is 3.76. The van der Waals surface area contributed by atoms with E-state index >= 15 is 0 Å². The summed E-state index contributed by atoms with van der Waals surface area (Å²) in [5, 5.41) is 5.75. The van der Waals surface area contributed by atoms with Crippen molar-refractivity contribution in [1.29, 1.82) is 0 Å². The summed E-state index contributed by atoms with van der Waals surface area (Å²) in [5.41, 5.74) is 2.55. The fourth-order valence-corrected chi connectivity index (χ4v) is 2.46. The molecular weight excluding hydrogens is 302 g/mol. The van der Waals surface area contributed by atoms with E-state index in [1.807, 2.05) is 20.9 Å². The van der Waals surface area contributed by atoms with Gasteiger partial charge in [0.1, 0.15) is 0 Å². The molecule has 0 spiro atoms. The van der Waals surface area contributed by atoms with Gasteiger partial charge < -0.3 is 15.5 Å². The predicted molar refractivity (Wildman–Crippen MR) is 97.1 cm³/mol. The second kappa shape index (κ2) is 10.1. The Labute approximate surface area is 145 Å². The zero-order chi connectivity index (χ0) is 18.1. The van der Waals surface area contributed by atoms with Crippen LogP contribution in [0.1, 0.15) is 44.7 Å². The van der Waals surface area contributed by atoms with Crippen LogP contribution in [0.15, 0.2) is 24.3 Å². The summed E-state index contributed by atoms with van der Waals surface area (Å²) in [7, 11) is 1.85. The topological polar surface area (TPSA) is 62.6 Å². The summed E-state index contributed by atoms with van der Waals surface area (Å²) >= 11 is 0. The Hall–Kier alpha value is -1.88. The highest BCUT2D eigenvalue weighted by Gasteiger charge is 2.14. The summed E-state index contributed by atoms with van der Waals surface area (Å²) in [4.78, 5) is 24.5. The van der Waals surface area contributed by atoms with Crippen LogP contribution < -0.4 is 15.5 Å². The molecule has 0 fully saturated rings. The van der Waals surface area contributed by atoms with Gasteiger partial charge in [-0.25, -0.2) is 0 Å². The van der Waals surface area contributed by atoms with Gasteiger partial charge in [0.25, 0.3) is 11.8 Å². The first-order chi connectivity index (χ1) is 11.3. The van der Waals surface area contributed by atoms with Crippen LogP contribution in [-0.4, -0.2) is 44.5 Å². The van der Waals surface area contributed by atoms with Crippen LogP contribution in [0.5, 0.6) is 0 Å². The predicted octanol–water partition coefficient (Wildman–Crippen LogP) is 0.508. The van der Waals surface area contributed by atoms with Crippen LogP contribution >= 0.6 is 0 Å². The fraction of sp³-hybridized carbons (Fsp3) is 0.579. The number of nitrogens with one attached hydrogen (secondary N) is 3. The number of rotatable bonds is 9. The lowest BCUT2D eigenvalue weighted by molar-refractivity contribution is -0.862. The van der Waals surface area contributed by atoms with Crippen molar-refractivity contribution in [3.8, 4) is 0 Å². The van der Waals surface area contributed by atoms with Crippen molar-refractivity contribution in [3.63, 3.8) is 0 Å². The second-order valence-electron chi connectivity index (χ2n) is 7.03. The largest absolute Gasteiger partial charge is 0.351 e. The van der Waals surface area contributed by atoms with Gasteiger partial charge in [-0.1, -0.05) is 38.1 Å². The van der Waals surface area contributed by atoms with Crippen LogP contribution in [0.3, 0.4) is 0 Å². The molecule has 0 saturated carbocycles. The SMILES string of the molecule is CC(C)NC(=O)C[NH+](C)CC(=O)NCCc1ccc(C(C)C)cc1. The smallest absolute Gasteiger partial charge is 0.275 e. The summed E-state index contributed by atoms with van der Waals surface area (Å²) in [6, 6.07) is 8.66. The fourth-order valence-electron chi connectivity index (χ4n) is 2.46. The highest BCUT2D eigenvalue weighted by Crippen LogP contribution is 2.14. The lowest BCUT2D eigenvalue weighted by Gasteiger charge is -2.15. The van der Waals surface area contributed by atoms with Gasteiger partial charge in [-0.3, -0.25) is 9.59 Å². The zero-order valence-electron chi connectivity index (χ0n) is 15.6. The van der Waals surface area contributed by atoms with Crippen molar-refractivity contribution in [2.75, 3.05) is 26.7 Å². The molecule has 1 rings (SSSR count). The molecule has 0 aromatic heterocycles. The molecule has 3 N–H and O–H groups in total. The van der Waals surface area contributed by atoms with Crippen LogP contribution in [0.25, 0.3) is 0 Å². The van der Waals surface area contributed by atoms with Gasteiger partial charge >= 0.3 is 0 Å². The molecule has 0 aliphatic rings. The van der Waals surface area contributed by atoms with Crippen molar-refractivity contribution < 1.29 is 14.5 Å². The monoisotopic (exact) mass is 334 g/mol. The summed E-state index contributed by atoms with van der Waals surface area (Å²) < 4.78 is 0. The van der Waals surface area contributed by atoms with E-state index in [-0.39, 0.29) is 17.9 Å². The van der Waals surface area contributed by atoms with Crippen molar-refractivity contribution in [2.45, 2.75) is 46.1 Å². The van der Waals surface area contributed by atoms with E-state index in [4.69, 9.17) is 0 Å². The number of benzene rings is 1. The molecular formula is C19H32N3O2+. The molecule has 1 unspecified atom stereocenters. The normalized spacial score (nSPS) is 12.3. The number of hydrogen-bond donors (Lipinski definition) is 3. The molecule has 0 saturated heterocycles. The molecule has 0 aliphatic heterocycles. The van der Waals surface area contributed by atoms with Gasteiger partial charge in [0, 0.05) is 12.6 Å². The Bertz CT molecular complexity index is 524. The Kier molecular flexibility index (Phi) is 8.47. The van der Waals surface area contributed by atoms with E-state index in [9.17, 15) is 9.59 Å². The molecule has 0 heterocycles. The second-order valence-corrected chi connectivity index (χ2v) is 7.03. The first-order valence-corrected chi connectivity index (χ1v) is 8.74. The molecule has 0 radical (unpaired) electrons. The van der Waals surface area contributed by atoms with E-state index in [1.165, 1.54) is 11.1 Å². The molecule has 0 aliphatic carbocycles. The maximum Gasteiger partial charge on any atom is 0.275 e. The summed E-state index contributed by atoms with van der Waals surface area (Å²) in [6.45, 7) is 9.43. The molecule has 24 heavy (non-hydrogen) atoms. The molecule has 1 atom stereocenters. The molecule has 0 bridgehead atoms. The van der Waals surface area contributed by atoms with Crippen LogP contribution in [0, 0.1) is 0 Å². The number of quaternary nitrogens is 1. The highest BCUT2D eigenvalue weighted by atomic mass is 16.2. The molecule has 1 aromatic rings. The van der Waals surface area contributed by atoms with Gasteiger partial charge in [-0.15, -0.1) is 0 Å². The zero-order valence-corrected chi connectivity index (χ0v) is 15.6. The van der Waals surface area contributed by atoms with Crippen LogP contribution in [0.4, 0.5) is 0 Å². The van der Waals surface area contributed by atoms with Gasteiger partial charge in [0.05, 0.1) is 7.05 Å². The minimum absolute atomic E-state index is 0.0244. The summed E-state index contributed by atoms with van der Waals surface area (Å²) in [5.74, 6) is 0.481. The van der Waals surface area contributed by atoms with Crippen molar-refractivity contribution in [1.82, 2.24) is 10.6 Å². The van der Waals surface area contributed by atoms with Gasteiger partial charge in [0.2, 0.25) is 0 Å². The van der Waals surface area contributed by atoms with Crippen molar-refractivity contribution in [2.24, 2.45) is 0 Å². The van der Waals surface area contributed by atoms with E-state index in [1.54, 1.807) is 0 Å². The Morgan fingerprint density at radius 3 is 2.12 bits per heavy atom. The lowest BCUT2D eigenvalue weighted by atomic mass is 10.0. The first-order valence-electron chi connectivity index (χ1n) is 8.74. The van der Waals surface area contributed by atoms with E-state index < -0.39 is 0 Å². The lowest BCUT2D eigenvalue weighted by Crippen LogP contribution is -3.11. The van der Waals surface area contributed by atoms with Gasteiger partial charge in [0.15, 0.2) is 13.1 Å². The van der Waals surface area contributed by atoms with E-state index in [2.05, 4.69) is 48.7 Å². The van der Waals surface area contributed by atoms with Gasteiger partial charge in [-0.05, 0) is 37.3 Å². The van der Waals surface area contributed by atoms with Crippen LogP contribution in [-0.2, 0) is 16.0 Å². The number of carbonyl (C=O) groups is 2. The van der Waals surface area contributed by atoms with Crippen molar-refractivity contribution in [3.05, 3.63) is 35.4 Å². The van der Waals surface area contributed by atoms with E-state index in [0.29, 0.717) is 25.6 Å². The first kappa shape index (κ1) is 20.2. The number of carbonyl (C=O) groups excluding carboxylic acids is 2. The quantitative estimate of drug-likeness (QED) is 0.616. The van der Waals surface area contributed by atoms with Crippen molar-refractivity contribution >= 4 is 11.8 Å². The Morgan fingerprint density at radius 1 is 1.00 bits per heavy atom. The Morgan fingerprint density at radius 2 is 1.58 bits per heavy atom. The highest BCUT2D eigenvalue weighted by molar-refractivity contribution is 5.79. The number of amides is 2. The number of likely N-dealkylation sites (N-methyl/N-ethyl adjacent to an activating group) is 1.